The first kappa shape index (κ1) is 37.4. The van der Waals surface area contributed by atoms with Gasteiger partial charge < -0.3 is 41.0 Å². The largest absolute Gasteiger partial charge is 0.445 e. The monoisotopic (exact) mass is 602 g/mol. The predicted octanol–water partition coefficient (Wildman–Crippen LogP) is 1.59. The third kappa shape index (κ3) is 14.4. The molecule has 2 radical (unpaired) electrons. The molecule has 0 spiro atoms. The second-order valence-corrected chi connectivity index (χ2v) is 12.0. The van der Waals surface area contributed by atoms with Crippen LogP contribution in [-0.4, -0.2) is 105 Å². The molecule has 1 rings (SSSR count). The Kier molecular flexibility index (Phi) is 14.6. The zero-order chi connectivity index (χ0) is 33.0. The fourth-order valence-electron chi connectivity index (χ4n) is 3.41. The van der Waals surface area contributed by atoms with Crippen molar-refractivity contribution < 1.29 is 33.4 Å². The Morgan fingerprint density at radius 1 is 0.977 bits per heavy atom. The summed E-state index contributed by atoms with van der Waals surface area (Å²) in [6.45, 7) is 11.1. The number of anilines is 1. The molecule has 238 valence electrons. The van der Waals surface area contributed by atoms with E-state index in [2.05, 4.69) is 16.0 Å². The van der Waals surface area contributed by atoms with Crippen molar-refractivity contribution >= 4 is 43.2 Å². The summed E-state index contributed by atoms with van der Waals surface area (Å²) >= 11 is 0. The van der Waals surface area contributed by atoms with Crippen molar-refractivity contribution in [2.75, 3.05) is 45.7 Å². The fourth-order valence-corrected chi connectivity index (χ4v) is 3.41. The van der Waals surface area contributed by atoms with Crippen LogP contribution in [0, 0.1) is 5.92 Å². The lowest BCUT2D eigenvalue weighted by Crippen LogP contribution is -2.56. The highest BCUT2D eigenvalue weighted by Crippen LogP contribution is 2.15. The molecule has 5 N–H and O–H groups in total. The zero-order valence-electron chi connectivity index (χ0n) is 26.6. The number of hydrogen-bond donors (Lipinski definition) is 4. The number of rotatable bonds is 16. The number of nitrogens with one attached hydrogen (secondary N) is 3. The minimum atomic E-state index is -1.18. The van der Waals surface area contributed by atoms with E-state index in [1.807, 2.05) is 13.8 Å². The molecule has 1 aromatic rings. The topological polar surface area (TPSA) is 172 Å². The van der Waals surface area contributed by atoms with Crippen molar-refractivity contribution in [1.82, 2.24) is 20.4 Å². The maximum Gasteiger partial charge on any atom is 0.409 e. The molecule has 0 aromatic heterocycles. The van der Waals surface area contributed by atoms with E-state index >= 15 is 0 Å². The van der Waals surface area contributed by atoms with Gasteiger partial charge >= 0.3 is 6.09 Å². The molecule has 5 amide bonds. The van der Waals surface area contributed by atoms with Gasteiger partial charge in [-0.15, -0.1) is 0 Å². The molecule has 0 fully saturated rings. The van der Waals surface area contributed by atoms with Gasteiger partial charge in [-0.05, 0) is 57.7 Å². The quantitative estimate of drug-likeness (QED) is 0.207. The molecular weight excluding hydrogens is 555 g/mol. The van der Waals surface area contributed by atoms with Crippen molar-refractivity contribution in [2.45, 2.75) is 71.8 Å². The van der Waals surface area contributed by atoms with Gasteiger partial charge in [-0.2, -0.15) is 0 Å². The summed E-state index contributed by atoms with van der Waals surface area (Å²) in [6.07, 6.45) is -0.00624. The Labute approximate surface area is 256 Å². The Hall–Kier alpha value is -3.65. The minimum Gasteiger partial charge on any atom is -0.445 e. The number of hydrogen-bond acceptors (Lipinski definition) is 8. The van der Waals surface area contributed by atoms with E-state index in [0.717, 1.165) is 0 Å². The Balaban J connectivity index is 2.55. The van der Waals surface area contributed by atoms with Crippen molar-refractivity contribution in [1.29, 1.82) is 0 Å². The molecule has 0 heterocycles. The van der Waals surface area contributed by atoms with Crippen LogP contribution in [0.15, 0.2) is 24.3 Å². The normalized spacial score (nSPS) is 12.2. The highest BCUT2D eigenvalue weighted by molar-refractivity contribution is 6.56. The van der Waals surface area contributed by atoms with Crippen molar-refractivity contribution in [2.24, 2.45) is 11.7 Å². The van der Waals surface area contributed by atoms with Crippen molar-refractivity contribution in [3.8, 4) is 0 Å². The maximum absolute atomic E-state index is 12.9. The van der Waals surface area contributed by atoms with Crippen LogP contribution in [0.3, 0.4) is 0 Å². The first-order valence-corrected chi connectivity index (χ1v) is 14.1. The Morgan fingerprint density at radius 2 is 1.56 bits per heavy atom. The van der Waals surface area contributed by atoms with E-state index in [-0.39, 0.29) is 38.8 Å². The van der Waals surface area contributed by atoms with E-state index in [1.165, 1.54) is 16.8 Å². The van der Waals surface area contributed by atoms with Crippen LogP contribution in [0.4, 0.5) is 15.3 Å². The van der Waals surface area contributed by atoms with Crippen molar-refractivity contribution in [3.63, 3.8) is 0 Å². The summed E-state index contributed by atoms with van der Waals surface area (Å²) in [5.41, 5.74) is 5.53. The molecule has 14 heteroatoms. The van der Waals surface area contributed by atoms with Crippen LogP contribution >= 0.6 is 0 Å². The van der Waals surface area contributed by atoms with Gasteiger partial charge in [0.1, 0.15) is 18.2 Å². The number of ether oxygens (including phenoxy) is 2. The van der Waals surface area contributed by atoms with Gasteiger partial charge in [0.15, 0.2) is 5.81 Å². The van der Waals surface area contributed by atoms with E-state index < -0.39 is 46.8 Å². The predicted molar refractivity (Wildman–Crippen MR) is 164 cm³/mol. The highest BCUT2D eigenvalue weighted by atomic mass is 16.6. The molecule has 1 atom stereocenters. The number of benzene rings is 1. The summed E-state index contributed by atoms with van der Waals surface area (Å²) in [5, 5.41) is 7.98. The number of carbonyl (C=O) groups is 5. The van der Waals surface area contributed by atoms with Crippen LogP contribution in [0.1, 0.15) is 53.5 Å². The summed E-state index contributed by atoms with van der Waals surface area (Å²) in [6, 6.07) is 5.77. The average molecular weight is 603 g/mol. The van der Waals surface area contributed by atoms with Gasteiger partial charge in [0.05, 0.1) is 6.54 Å². The molecule has 1 unspecified atom stereocenters. The average Bonchev–Trinajstić information content (AvgIpc) is 2.91. The summed E-state index contributed by atoms with van der Waals surface area (Å²) in [4.78, 5) is 64.0. The Bertz CT molecular complexity index is 1110. The number of likely N-dealkylation sites (N-methyl/N-ethyl adjacent to an activating group) is 2. The lowest BCUT2D eigenvalue weighted by Gasteiger charge is -2.30. The number of amides is 5. The van der Waals surface area contributed by atoms with Crippen LogP contribution in [-0.2, 0) is 30.5 Å². The molecule has 0 aliphatic heterocycles. The zero-order valence-corrected chi connectivity index (χ0v) is 26.6. The van der Waals surface area contributed by atoms with E-state index in [9.17, 15) is 24.0 Å². The number of nitrogens with zero attached hydrogens (tertiary/aromatic N) is 2. The molecular formula is C29H47BN6O7. The lowest BCUT2D eigenvalue weighted by molar-refractivity contribution is -0.146. The van der Waals surface area contributed by atoms with Crippen LogP contribution in [0.2, 0.25) is 0 Å². The smallest absolute Gasteiger partial charge is 0.409 e. The highest BCUT2D eigenvalue weighted by Gasteiger charge is 2.34. The SMILES string of the molecule is [B]C(=O)N(C)CCN(C)C(=O)OCc1ccc(NC(=O)CNC(=O)C(NC(=O)C(C)(C)OCCC(C)(C)N)C(C)C)cc1. The first-order chi connectivity index (χ1) is 19.8. The minimum absolute atomic E-state index is 0.00821. The van der Waals surface area contributed by atoms with Crippen LogP contribution < -0.4 is 21.7 Å². The maximum atomic E-state index is 12.9. The second-order valence-electron chi connectivity index (χ2n) is 12.0. The fraction of sp³-hybridized carbons (Fsp3) is 0.621. The first-order valence-electron chi connectivity index (χ1n) is 14.1. The molecule has 1 aromatic carbocycles. The summed E-state index contributed by atoms with van der Waals surface area (Å²) < 4.78 is 11.0. The molecule has 13 nitrogen and oxygen atoms in total. The number of carbonyl (C=O) groups excluding carboxylic acids is 5. The standard InChI is InChI=1S/C29H47BN6O7/c1-19(2)23(34-25(39)29(5,6)43-16-13-28(3,4)31)24(38)32-17-22(37)33-21-11-9-20(10-12-21)18-42-27(41)36(8)15-14-35(7)26(30)40/h9-12,19,23H,13-18,31H2,1-8H3,(H,32,38)(H,33,37)(H,34,39). The third-order valence-electron chi connectivity index (χ3n) is 6.47. The molecule has 0 saturated heterocycles. The molecule has 0 aliphatic carbocycles. The second kappa shape index (κ2) is 16.9. The van der Waals surface area contributed by atoms with Crippen LogP contribution in [0.25, 0.3) is 0 Å². The van der Waals surface area contributed by atoms with Gasteiger partial charge in [0.25, 0.3) is 5.91 Å². The van der Waals surface area contributed by atoms with Crippen molar-refractivity contribution in [3.05, 3.63) is 29.8 Å². The third-order valence-corrected chi connectivity index (χ3v) is 6.47. The Morgan fingerprint density at radius 3 is 2.09 bits per heavy atom. The lowest BCUT2D eigenvalue weighted by atomic mass is 10.0. The molecule has 0 bridgehead atoms. The van der Waals surface area contributed by atoms with Gasteiger partial charge in [0, 0.05) is 45.0 Å². The molecule has 0 aliphatic rings. The van der Waals surface area contributed by atoms with E-state index in [4.69, 9.17) is 23.1 Å². The van der Waals surface area contributed by atoms with Gasteiger partial charge in [-0.25, -0.2) is 4.79 Å². The number of nitrogens with two attached hydrogens (primary N) is 1. The summed E-state index contributed by atoms with van der Waals surface area (Å²) in [7, 11) is 8.24. The van der Waals surface area contributed by atoms with Gasteiger partial charge in [-0.1, -0.05) is 26.0 Å². The van der Waals surface area contributed by atoms with E-state index in [0.29, 0.717) is 17.7 Å². The molecule has 43 heavy (non-hydrogen) atoms. The van der Waals surface area contributed by atoms with Gasteiger partial charge in [0.2, 0.25) is 19.7 Å². The summed E-state index contributed by atoms with van der Waals surface area (Å²) in [5.74, 6) is -2.25. The van der Waals surface area contributed by atoms with Gasteiger partial charge in [-0.3, -0.25) is 19.2 Å². The molecule has 0 saturated carbocycles. The van der Waals surface area contributed by atoms with E-state index in [1.54, 1.807) is 59.0 Å². The van der Waals surface area contributed by atoms with Crippen LogP contribution in [0.5, 0.6) is 0 Å².